The lowest BCUT2D eigenvalue weighted by Gasteiger charge is -2.22. The monoisotopic (exact) mass is 374 g/mol. The third-order valence-electron chi connectivity index (χ3n) is 4.31. The number of carbonyl (C=O) groups is 1. The molecule has 26 heavy (non-hydrogen) atoms. The van der Waals surface area contributed by atoms with E-state index < -0.39 is 10.0 Å². The third kappa shape index (κ3) is 4.43. The summed E-state index contributed by atoms with van der Waals surface area (Å²) in [5.74, 6) is -0.197. The highest BCUT2D eigenvalue weighted by atomic mass is 32.2. The summed E-state index contributed by atoms with van der Waals surface area (Å²) in [6.45, 7) is 5.85. The molecule has 1 amide bonds. The van der Waals surface area contributed by atoms with Gasteiger partial charge in [-0.15, -0.1) is 0 Å². The van der Waals surface area contributed by atoms with E-state index in [1.165, 1.54) is 11.4 Å². The topological polar surface area (TPSA) is 66.5 Å². The van der Waals surface area contributed by atoms with Crippen LogP contribution in [0.2, 0.25) is 0 Å². The lowest BCUT2D eigenvalue weighted by Crippen LogP contribution is -2.33. The van der Waals surface area contributed by atoms with Gasteiger partial charge in [-0.25, -0.2) is 8.42 Å². The van der Waals surface area contributed by atoms with E-state index in [2.05, 4.69) is 12.2 Å². The molecule has 0 spiro atoms. The molecule has 0 unspecified atom stereocenters. The lowest BCUT2D eigenvalue weighted by atomic mass is 10.1. The third-order valence-corrected chi connectivity index (χ3v) is 6.10. The molecule has 0 bridgehead atoms. The summed E-state index contributed by atoms with van der Waals surface area (Å²) in [6.07, 6.45) is 1.88. The van der Waals surface area contributed by atoms with Crippen molar-refractivity contribution in [2.24, 2.45) is 0 Å². The van der Waals surface area contributed by atoms with Crippen molar-refractivity contribution in [3.05, 3.63) is 59.7 Å². The number of hydrogen-bond acceptors (Lipinski definition) is 3. The first-order valence-corrected chi connectivity index (χ1v) is 10.2. The molecule has 1 atom stereocenters. The summed E-state index contributed by atoms with van der Waals surface area (Å²) in [7, 11) is -2.18. The van der Waals surface area contributed by atoms with Gasteiger partial charge in [-0.05, 0) is 50.1 Å². The van der Waals surface area contributed by atoms with Crippen LogP contribution in [0.5, 0.6) is 0 Å². The molecule has 0 fully saturated rings. The van der Waals surface area contributed by atoms with Crippen LogP contribution >= 0.6 is 0 Å². The van der Waals surface area contributed by atoms with E-state index in [4.69, 9.17) is 0 Å². The molecule has 0 aliphatic carbocycles. The Hall–Kier alpha value is -2.34. The van der Waals surface area contributed by atoms with Gasteiger partial charge < -0.3 is 5.32 Å². The molecule has 0 radical (unpaired) electrons. The summed E-state index contributed by atoms with van der Waals surface area (Å²) >= 11 is 0. The van der Waals surface area contributed by atoms with Crippen molar-refractivity contribution in [1.29, 1.82) is 0 Å². The van der Waals surface area contributed by atoms with Gasteiger partial charge in [0.25, 0.3) is 15.9 Å². The molecule has 5 nitrogen and oxygen atoms in total. The van der Waals surface area contributed by atoms with Crippen LogP contribution in [0.1, 0.15) is 42.6 Å². The molecule has 0 saturated heterocycles. The number of hydrogen-bond donors (Lipinski definition) is 1. The van der Waals surface area contributed by atoms with Gasteiger partial charge in [-0.3, -0.25) is 9.10 Å². The maximum absolute atomic E-state index is 12.9. The zero-order valence-electron chi connectivity index (χ0n) is 15.7. The maximum Gasteiger partial charge on any atom is 0.264 e. The van der Waals surface area contributed by atoms with E-state index in [0.29, 0.717) is 11.3 Å². The smallest absolute Gasteiger partial charge is 0.264 e. The number of anilines is 1. The normalized spacial score (nSPS) is 12.5. The van der Waals surface area contributed by atoms with Crippen molar-refractivity contribution in [2.45, 2.75) is 44.6 Å². The van der Waals surface area contributed by atoms with Crippen LogP contribution < -0.4 is 9.62 Å². The van der Waals surface area contributed by atoms with Crippen LogP contribution in [0.25, 0.3) is 0 Å². The second-order valence-electron chi connectivity index (χ2n) is 6.45. The Balaban J connectivity index is 2.33. The number of carbonyl (C=O) groups excluding carboxylic acids is 1. The largest absolute Gasteiger partial charge is 0.350 e. The van der Waals surface area contributed by atoms with Crippen molar-refractivity contribution >= 4 is 21.6 Å². The Morgan fingerprint density at radius 1 is 1.15 bits per heavy atom. The minimum Gasteiger partial charge on any atom is -0.350 e. The number of sulfonamides is 1. The van der Waals surface area contributed by atoms with E-state index in [1.807, 2.05) is 13.8 Å². The number of benzene rings is 2. The Labute approximate surface area is 156 Å². The van der Waals surface area contributed by atoms with Gasteiger partial charge in [-0.2, -0.15) is 0 Å². The van der Waals surface area contributed by atoms with Gasteiger partial charge in [0.05, 0.1) is 10.6 Å². The highest BCUT2D eigenvalue weighted by molar-refractivity contribution is 7.92. The van der Waals surface area contributed by atoms with E-state index >= 15 is 0 Å². The predicted octanol–water partition coefficient (Wildman–Crippen LogP) is 3.74. The first kappa shape index (κ1) is 20.0. The van der Waals surface area contributed by atoms with Crippen LogP contribution in [0.3, 0.4) is 0 Å². The van der Waals surface area contributed by atoms with Crippen LogP contribution in [-0.2, 0) is 10.0 Å². The van der Waals surface area contributed by atoms with E-state index in [0.717, 1.165) is 18.4 Å². The fourth-order valence-corrected chi connectivity index (χ4v) is 4.06. The maximum atomic E-state index is 12.9. The zero-order valence-corrected chi connectivity index (χ0v) is 16.5. The summed E-state index contributed by atoms with van der Waals surface area (Å²) in [5.41, 5.74) is 1.72. The number of aryl methyl sites for hydroxylation is 1. The standard InChI is InChI=1S/C20H26N2O3S/c1-5-9-16(3)21-20(23)17-13-12-15(2)19(14-17)22(4)26(24,25)18-10-7-6-8-11-18/h6-8,10-14,16H,5,9H2,1-4H3,(H,21,23)/t16-/m0/s1. The van der Waals surface area contributed by atoms with Gasteiger partial charge in [0.15, 0.2) is 0 Å². The van der Waals surface area contributed by atoms with Crippen molar-refractivity contribution in [3.63, 3.8) is 0 Å². The highest BCUT2D eigenvalue weighted by Gasteiger charge is 2.23. The SMILES string of the molecule is CCC[C@H](C)NC(=O)c1ccc(C)c(N(C)S(=O)(=O)c2ccccc2)c1. The number of amides is 1. The van der Waals surface area contributed by atoms with Crippen molar-refractivity contribution < 1.29 is 13.2 Å². The molecule has 0 heterocycles. The average Bonchev–Trinajstić information content (AvgIpc) is 2.62. The van der Waals surface area contributed by atoms with Gasteiger partial charge in [0.1, 0.15) is 0 Å². The van der Waals surface area contributed by atoms with E-state index in [1.54, 1.807) is 48.5 Å². The molecule has 0 saturated carbocycles. The first-order valence-electron chi connectivity index (χ1n) is 8.73. The quantitative estimate of drug-likeness (QED) is 0.803. The van der Waals surface area contributed by atoms with E-state index in [9.17, 15) is 13.2 Å². The fourth-order valence-electron chi connectivity index (χ4n) is 2.78. The molecule has 2 rings (SSSR count). The minimum absolute atomic E-state index is 0.0723. The van der Waals surface area contributed by atoms with Crippen LogP contribution in [0, 0.1) is 6.92 Å². The second-order valence-corrected chi connectivity index (χ2v) is 8.42. The molecule has 0 aliphatic rings. The minimum atomic E-state index is -3.69. The van der Waals surface area contributed by atoms with E-state index in [-0.39, 0.29) is 16.8 Å². The van der Waals surface area contributed by atoms with Crippen LogP contribution in [0.4, 0.5) is 5.69 Å². The van der Waals surface area contributed by atoms with Gasteiger partial charge in [-0.1, -0.05) is 37.6 Å². The predicted molar refractivity (Wildman–Crippen MR) is 105 cm³/mol. The summed E-state index contributed by atoms with van der Waals surface area (Å²) in [4.78, 5) is 12.7. The van der Waals surface area contributed by atoms with Gasteiger partial charge in [0.2, 0.25) is 0 Å². The average molecular weight is 375 g/mol. The molecule has 6 heteroatoms. The Bertz CT molecular complexity index is 864. The first-order chi connectivity index (χ1) is 12.3. The highest BCUT2D eigenvalue weighted by Crippen LogP contribution is 2.26. The van der Waals surface area contributed by atoms with Crippen LogP contribution in [-0.4, -0.2) is 27.4 Å². The molecule has 0 aromatic heterocycles. The molecule has 2 aromatic carbocycles. The van der Waals surface area contributed by atoms with Gasteiger partial charge in [0, 0.05) is 18.7 Å². The van der Waals surface area contributed by atoms with Gasteiger partial charge >= 0.3 is 0 Å². The van der Waals surface area contributed by atoms with Crippen LogP contribution in [0.15, 0.2) is 53.4 Å². The summed E-state index contributed by atoms with van der Waals surface area (Å²) in [5, 5.41) is 2.95. The zero-order chi connectivity index (χ0) is 19.3. The Morgan fingerprint density at radius 3 is 2.42 bits per heavy atom. The fraction of sp³-hybridized carbons (Fsp3) is 0.350. The summed E-state index contributed by atoms with van der Waals surface area (Å²) < 4.78 is 26.9. The van der Waals surface area contributed by atoms with Crippen molar-refractivity contribution in [3.8, 4) is 0 Å². The molecule has 0 aliphatic heterocycles. The Kier molecular flexibility index (Phi) is 6.42. The Morgan fingerprint density at radius 2 is 1.81 bits per heavy atom. The van der Waals surface area contributed by atoms with Crippen molar-refractivity contribution in [2.75, 3.05) is 11.4 Å². The number of nitrogens with zero attached hydrogens (tertiary/aromatic N) is 1. The molecule has 2 aromatic rings. The molecule has 1 N–H and O–H groups in total. The molecular formula is C20H26N2O3S. The number of nitrogens with one attached hydrogen (secondary N) is 1. The summed E-state index contributed by atoms with van der Waals surface area (Å²) in [6, 6.07) is 13.5. The molecular weight excluding hydrogens is 348 g/mol. The lowest BCUT2D eigenvalue weighted by molar-refractivity contribution is 0.0938. The second kappa shape index (κ2) is 8.36. The van der Waals surface area contributed by atoms with Crippen molar-refractivity contribution in [1.82, 2.24) is 5.32 Å². The number of rotatable bonds is 7. The molecule has 140 valence electrons.